The van der Waals surface area contributed by atoms with Crippen LogP contribution in [0.5, 0.6) is 0 Å². The molecule has 1 N–H and O–H groups in total. The van der Waals surface area contributed by atoms with Crippen molar-refractivity contribution < 1.29 is 9.59 Å². The summed E-state index contributed by atoms with van der Waals surface area (Å²) in [4.78, 5) is 26.0. The molecule has 0 saturated carbocycles. The zero-order valence-corrected chi connectivity index (χ0v) is 12.7. The fourth-order valence-corrected chi connectivity index (χ4v) is 1.89. The highest BCUT2D eigenvalue weighted by molar-refractivity contribution is 5.97. The molecular weight excluding hydrogens is 266 g/mol. The Morgan fingerprint density at radius 3 is 2.43 bits per heavy atom. The summed E-state index contributed by atoms with van der Waals surface area (Å²) in [5, 5.41) is 11.4. The van der Waals surface area contributed by atoms with E-state index in [9.17, 15) is 9.59 Å². The van der Waals surface area contributed by atoms with Crippen molar-refractivity contribution in [2.45, 2.75) is 26.3 Å². The molecule has 21 heavy (non-hydrogen) atoms. The van der Waals surface area contributed by atoms with E-state index in [1.807, 2.05) is 26.0 Å². The molecule has 1 rings (SSSR count). The molecule has 5 heteroatoms. The third-order valence-corrected chi connectivity index (χ3v) is 3.19. The van der Waals surface area contributed by atoms with Gasteiger partial charge in [0.2, 0.25) is 5.91 Å². The Morgan fingerprint density at radius 1 is 1.29 bits per heavy atom. The molecule has 1 unspecified atom stereocenters. The van der Waals surface area contributed by atoms with Crippen LogP contribution >= 0.6 is 0 Å². The number of amides is 2. The highest BCUT2D eigenvalue weighted by Gasteiger charge is 2.27. The lowest BCUT2D eigenvalue weighted by atomic mass is 10.0. The van der Waals surface area contributed by atoms with Gasteiger partial charge in [0.1, 0.15) is 6.04 Å². The van der Waals surface area contributed by atoms with Gasteiger partial charge in [0, 0.05) is 19.2 Å². The molecule has 0 bridgehead atoms. The summed E-state index contributed by atoms with van der Waals surface area (Å²) >= 11 is 0. The summed E-state index contributed by atoms with van der Waals surface area (Å²) in [6, 6.07) is 10.2. The van der Waals surface area contributed by atoms with Gasteiger partial charge < -0.3 is 10.2 Å². The molecule has 0 fully saturated rings. The molecule has 1 atom stereocenters. The van der Waals surface area contributed by atoms with Crippen molar-refractivity contribution in [2.75, 3.05) is 13.6 Å². The number of carbonyl (C=O) groups excluding carboxylic acids is 2. The van der Waals surface area contributed by atoms with Gasteiger partial charge in [-0.15, -0.1) is 0 Å². The largest absolute Gasteiger partial charge is 0.343 e. The van der Waals surface area contributed by atoms with Gasteiger partial charge in [-0.2, -0.15) is 5.26 Å². The monoisotopic (exact) mass is 287 g/mol. The number of hydrogen-bond donors (Lipinski definition) is 1. The molecule has 0 aliphatic carbocycles. The lowest BCUT2D eigenvalue weighted by Crippen LogP contribution is -2.50. The third-order valence-electron chi connectivity index (χ3n) is 3.19. The summed E-state index contributed by atoms with van der Waals surface area (Å²) in [7, 11) is 1.64. The summed E-state index contributed by atoms with van der Waals surface area (Å²) in [5.74, 6) is -0.476. The van der Waals surface area contributed by atoms with E-state index in [2.05, 4.69) is 5.32 Å². The minimum Gasteiger partial charge on any atom is -0.343 e. The van der Waals surface area contributed by atoms with Crippen molar-refractivity contribution in [1.29, 1.82) is 5.26 Å². The number of rotatable bonds is 6. The molecule has 1 aromatic rings. The standard InChI is InChI=1S/C16H21N3O2/c1-12(2)14(16(21)19(3)11-7-10-17)18-15(20)13-8-5-4-6-9-13/h4-6,8-9,12,14H,7,11H2,1-3H3,(H,18,20). The Kier molecular flexibility index (Phi) is 6.41. The maximum Gasteiger partial charge on any atom is 0.251 e. The second kappa shape index (κ2) is 8.05. The van der Waals surface area contributed by atoms with Gasteiger partial charge in [0.25, 0.3) is 5.91 Å². The molecule has 0 heterocycles. The highest BCUT2D eigenvalue weighted by atomic mass is 16.2. The van der Waals surface area contributed by atoms with Gasteiger partial charge in [-0.25, -0.2) is 0 Å². The van der Waals surface area contributed by atoms with Gasteiger partial charge in [0.15, 0.2) is 0 Å². The molecule has 0 aliphatic rings. The zero-order valence-electron chi connectivity index (χ0n) is 12.7. The van der Waals surface area contributed by atoms with Crippen molar-refractivity contribution in [3.8, 4) is 6.07 Å². The van der Waals surface area contributed by atoms with Crippen LogP contribution in [0.2, 0.25) is 0 Å². The number of benzene rings is 1. The third kappa shape index (κ3) is 4.92. The topological polar surface area (TPSA) is 73.2 Å². The van der Waals surface area contributed by atoms with Crippen LogP contribution in [0.1, 0.15) is 30.6 Å². The van der Waals surface area contributed by atoms with Gasteiger partial charge in [-0.05, 0) is 18.1 Å². The van der Waals surface area contributed by atoms with Gasteiger partial charge in [-0.3, -0.25) is 9.59 Å². The van der Waals surface area contributed by atoms with Crippen LogP contribution in [-0.2, 0) is 4.79 Å². The molecule has 2 amide bonds. The first-order chi connectivity index (χ1) is 9.97. The van der Waals surface area contributed by atoms with Crippen LogP contribution in [0.4, 0.5) is 0 Å². The van der Waals surface area contributed by atoms with Crippen molar-refractivity contribution >= 4 is 11.8 Å². The molecule has 5 nitrogen and oxygen atoms in total. The second-order valence-corrected chi connectivity index (χ2v) is 5.23. The summed E-state index contributed by atoms with van der Waals surface area (Å²) < 4.78 is 0. The normalized spacial score (nSPS) is 11.6. The first kappa shape index (κ1) is 16.7. The van der Waals surface area contributed by atoms with Crippen LogP contribution in [0.3, 0.4) is 0 Å². The van der Waals surface area contributed by atoms with Gasteiger partial charge >= 0.3 is 0 Å². The average Bonchev–Trinajstić information content (AvgIpc) is 2.49. The van der Waals surface area contributed by atoms with Crippen LogP contribution in [0.25, 0.3) is 0 Å². The van der Waals surface area contributed by atoms with E-state index in [1.54, 1.807) is 31.3 Å². The van der Waals surface area contributed by atoms with Crippen LogP contribution < -0.4 is 5.32 Å². The molecule has 0 aromatic heterocycles. The quantitative estimate of drug-likeness (QED) is 0.867. The molecule has 0 aliphatic heterocycles. The van der Waals surface area contributed by atoms with E-state index in [1.165, 1.54) is 4.90 Å². The fourth-order valence-electron chi connectivity index (χ4n) is 1.89. The predicted molar refractivity (Wildman–Crippen MR) is 80.4 cm³/mol. The summed E-state index contributed by atoms with van der Waals surface area (Å²) in [5.41, 5.74) is 0.524. The Balaban J connectivity index is 2.76. The molecular formula is C16H21N3O2. The first-order valence-corrected chi connectivity index (χ1v) is 6.95. The van der Waals surface area contributed by atoms with Crippen molar-refractivity contribution in [2.24, 2.45) is 5.92 Å². The summed E-state index contributed by atoms with van der Waals surface area (Å²) in [6.45, 7) is 4.12. The molecule has 112 valence electrons. The van der Waals surface area contributed by atoms with E-state index >= 15 is 0 Å². The van der Waals surface area contributed by atoms with Gasteiger partial charge in [0.05, 0.1) is 12.5 Å². The SMILES string of the molecule is CC(C)C(NC(=O)c1ccccc1)C(=O)N(C)CCC#N. The minimum atomic E-state index is -0.596. The van der Waals surface area contributed by atoms with E-state index in [-0.39, 0.29) is 24.2 Å². The molecule has 0 saturated heterocycles. The fraction of sp³-hybridized carbons (Fsp3) is 0.438. The first-order valence-electron chi connectivity index (χ1n) is 6.95. The lowest BCUT2D eigenvalue weighted by molar-refractivity contribution is -0.132. The van der Waals surface area contributed by atoms with E-state index in [4.69, 9.17) is 5.26 Å². The second-order valence-electron chi connectivity index (χ2n) is 5.23. The number of likely N-dealkylation sites (N-methyl/N-ethyl adjacent to an activating group) is 1. The maximum atomic E-state index is 12.4. The van der Waals surface area contributed by atoms with Crippen LogP contribution in [0, 0.1) is 17.2 Å². The van der Waals surface area contributed by atoms with E-state index in [0.717, 1.165) is 0 Å². The zero-order chi connectivity index (χ0) is 15.8. The number of nitrogens with zero attached hydrogens (tertiary/aromatic N) is 2. The molecule has 0 radical (unpaired) electrons. The number of carbonyl (C=O) groups is 2. The van der Waals surface area contributed by atoms with E-state index in [0.29, 0.717) is 12.1 Å². The average molecular weight is 287 g/mol. The Morgan fingerprint density at radius 2 is 1.90 bits per heavy atom. The van der Waals surface area contributed by atoms with Crippen LogP contribution in [-0.4, -0.2) is 36.3 Å². The predicted octanol–water partition coefficient (Wildman–Crippen LogP) is 1.81. The summed E-state index contributed by atoms with van der Waals surface area (Å²) in [6.07, 6.45) is 0.277. The number of nitriles is 1. The minimum absolute atomic E-state index is 0.0327. The van der Waals surface area contributed by atoms with Crippen molar-refractivity contribution in [3.05, 3.63) is 35.9 Å². The Hall–Kier alpha value is -2.35. The Labute approximate surface area is 125 Å². The van der Waals surface area contributed by atoms with Gasteiger partial charge in [-0.1, -0.05) is 32.0 Å². The maximum absolute atomic E-state index is 12.4. The lowest BCUT2D eigenvalue weighted by Gasteiger charge is -2.26. The molecule has 0 spiro atoms. The highest BCUT2D eigenvalue weighted by Crippen LogP contribution is 2.08. The smallest absolute Gasteiger partial charge is 0.251 e. The molecule has 1 aromatic carbocycles. The number of hydrogen-bond acceptors (Lipinski definition) is 3. The Bertz CT molecular complexity index is 520. The van der Waals surface area contributed by atoms with E-state index < -0.39 is 6.04 Å². The van der Waals surface area contributed by atoms with Crippen LogP contribution in [0.15, 0.2) is 30.3 Å². The van der Waals surface area contributed by atoms with Crippen molar-refractivity contribution in [1.82, 2.24) is 10.2 Å². The van der Waals surface area contributed by atoms with Crippen molar-refractivity contribution in [3.63, 3.8) is 0 Å². The number of nitrogens with one attached hydrogen (secondary N) is 1.